The molecule has 4 unspecified atom stereocenters. The lowest BCUT2D eigenvalue weighted by atomic mass is 9.60. The van der Waals surface area contributed by atoms with Gasteiger partial charge in [0.25, 0.3) is 0 Å². The maximum Gasteiger partial charge on any atom is 0.126 e. The Balaban J connectivity index is 1.81. The summed E-state index contributed by atoms with van der Waals surface area (Å²) in [6, 6.07) is 8.25. The van der Waals surface area contributed by atoms with Crippen molar-refractivity contribution in [2.45, 2.75) is 19.3 Å². The van der Waals surface area contributed by atoms with Crippen molar-refractivity contribution in [1.29, 1.82) is 0 Å². The highest BCUT2D eigenvalue weighted by molar-refractivity contribution is 5.81. The minimum atomic E-state index is 0.220. The van der Waals surface area contributed by atoms with Gasteiger partial charge in [-0.15, -0.1) is 0 Å². The van der Waals surface area contributed by atoms with E-state index in [2.05, 4.69) is 12.1 Å². The van der Waals surface area contributed by atoms with Gasteiger partial charge in [-0.05, 0) is 60.1 Å². The van der Waals surface area contributed by atoms with Crippen molar-refractivity contribution in [2.75, 3.05) is 13.7 Å². The summed E-state index contributed by atoms with van der Waals surface area (Å²) < 4.78 is 5.51. The monoisotopic (exact) mass is 256 g/mol. The predicted octanol–water partition coefficient (Wildman–Crippen LogP) is 3.12. The Morgan fingerprint density at radius 3 is 2.63 bits per heavy atom. The molecule has 2 fully saturated rings. The highest BCUT2D eigenvalue weighted by Gasteiger charge is 2.56. The zero-order valence-electron chi connectivity index (χ0n) is 11.3. The Bertz CT molecular complexity index is 546. The summed E-state index contributed by atoms with van der Waals surface area (Å²) in [6.07, 6.45) is 4.12. The van der Waals surface area contributed by atoms with E-state index in [1.54, 1.807) is 7.11 Å². The Labute approximate surface area is 114 Å². The second kappa shape index (κ2) is 4.11. The summed E-state index contributed by atoms with van der Waals surface area (Å²) in [7, 11) is 1.73. The standard InChI is InChI=1S/C17H20O2/c1-19-14-5-3-2-4-12(14)17-13(9-18)15-10-6-7-11(8-10)16(15)17/h2-5,10-11,15-16,18H,6-9H2,1H3. The van der Waals surface area contributed by atoms with Gasteiger partial charge >= 0.3 is 0 Å². The van der Waals surface area contributed by atoms with Gasteiger partial charge in [0.05, 0.1) is 13.7 Å². The van der Waals surface area contributed by atoms with Crippen LogP contribution in [-0.4, -0.2) is 18.8 Å². The molecule has 19 heavy (non-hydrogen) atoms. The summed E-state index contributed by atoms with van der Waals surface area (Å²) in [5.41, 5.74) is 3.90. The van der Waals surface area contributed by atoms with Crippen LogP contribution in [0.3, 0.4) is 0 Å². The zero-order chi connectivity index (χ0) is 13.0. The number of aliphatic hydroxyl groups excluding tert-OH is 1. The third kappa shape index (κ3) is 1.41. The van der Waals surface area contributed by atoms with E-state index in [0.29, 0.717) is 11.8 Å². The first-order valence-corrected chi connectivity index (χ1v) is 7.32. The molecule has 0 aliphatic heterocycles. The number of ether oxygens (including phenoxy) is 1. The lowest BCUT2D eigenvalue weighted by Gasteiger charge is -2.45. The largest absolute Gasteiger partial charge is 0.496 e. The Morgan fingerprint density at radius 2 is 1.89 bits per heavy atom. The number of hydrogen-bond acceptors (Lipinski definition) is 2. The molecule has 0 spiro atoms. The highest BCUT2D eigenvalue weighted by Crippen LogP contribution is 2.66. The third-order valence-electron chi connectivity index (χ3n) is 5.57. The maximum absolute atomic E-state index is 9.76. The van der Waals surface area contributed by atoms with Gasteiger partial charge in [0, 0.05) is 5.56 Å². The van der Waals surface area contributed by atoms with Crippen molar-refractivity contribution in [1.82, 2.24) is 0 Å². The second-order valence-electron chi connectivity index (χ2n) is 6.18. The fourth-order valence-corrected chi connectivity index (χ4v) is 4.92. The van der Waals surface area contributed by atoms with Gasteiger partial charge in [-0.1, -0.05) is 18.2 Å². The zero-order valence-corrected chi connectivity index (χ0v) is 11.3. The molecule has 2 heteroatoms. The maximum atomic E-state index is 9.76. The predicted molar refractivity (Wildman–Crippen MR) is 74.8 cm³/mol. The van der Waals surface area contributed by atoms with Gasteiger partial charge in [-0.2, -0.15) is 0 Å². The van der Waals surface area contributed by atoms with Crippen LogP contribution in [0.4, 0.5) is 0 Å². The van der Waals surface area contributed by atoms with Gasteiger partial charge in [0.2, 0.25) is 0 Å². The Morgan fingerprint density at radius 1 is 1.16 bits per heavy atom. The van der Waals surface area contributed by atoms with Gasteiger partial charge < -0.3 is 9.84 Å². The number of benzene rings is 1. The van der Waals surface area contributed by atoms with E-state index in [-0.39, 0.29) is 6.61 Å². The lowest BCUT2D eigenvalue weighted by molar-refractivity contribution is 0.229. The number of hydrogen-bond donors (Lipinski definition) is 1. The van der Waals surface area contributed by atoms with Crippen LogP contribution in [0.25, 0.3) is 5.57 Å². The van der Waals surface area contributed by atoms with E-state index in [9.17, 15) is 5.11 Å². The number of aliphatic hydroxyl groups is 1. The average Bonchev–Trinajstić information content (AvgIpc) is 2.98. The number of rotatable bonds is 3. The molecule has 4 atom stereocenters. The number of methoxy groups -OCH3 is 1. The third-order valence-corrected chi connectivity index (χ3v) is 5.57. The molecule has 1 aromatic carbocycles. The summed E-state index contributed by atoms with van der Waals surface area (Å²) >= 11 is 0. The topological polar surface area (TPSA) is 29.5 Å². The molecule has 1 N–H and O–H groups in total. The van der Waals surface area contributed by atoms with Crippen molar-refractivity contribution >= 4 is 5.57 Å². The summed E-state index contributed by atoms with van der Waals surface area (Å²) in [6.45, 7) is 0.220. The van der Waals surface area contributed by atoms with Crippen LogP contribution in [0.5, 0.6) is 5.75 Å². The van der Waals surface area contributed by atoms with E-state index >= 15 is 0 Å². The van der Waals surface area contributed by atoms with Crippen LogP contribution in [0.15, 0.2) is 29.8 Å². The van der Waals surface area contributed by atoms with E-state index < -0.39 is 0 Å². The molecule has 3 aliphatic rings. The van der Waals surface area contributed by atoms with E-state index in [4.69, 9.17) is 4.74 Å². The van der Waals surface area contributed by atoms with Gasteiger partial charge in [-0.3, -0.25) is 0 Å². The van der Waals surface area contributed by atoms with Crippen molar-refractivity contribution in [3.05, 3.63) is 35.4 Å². The SMILES string of the molecule is COc1ccccc1C1=C(CO)C2C3CCC(C3)C12. The molecule has 4 rings (SSSR count). The minimum Gasteiger partial charge on any atom is -0.496 e. The highest BCUT2D eigenvalue weighted by atomic mass is 16.5. The number of allylic oxidation sites excluding steroid dienone is 1. The van der Waals surface area contributed by atoms with Crippen LogP contribution in [-0.2, 0) is 0 Å². The molecular weight excluding hydrogens is 236 g/mol. The van der Waals surface area contributed by atoms with Crippen molar-refractivity contribution < 1.29 is 9.84 Å². The van der Waals surface area contributed by atoms with Gasteiger partial charge in [-0.25, -0.2) is 0 Å². The van der Waals surface area contributed by atoms with Crippen LogP contribution in [0.2, 0.25) is 0 Å². The first kappa shape index (κ1) is 11.5. The first-order valence-electron chi connectivity index (χ1n) is 7.32. The minimum absolute atomic E-state index is 0.220. The van der Waals surface area contributed by atoms with Crippen molar-refractivity contribution in [3.8, 4) is 5.75 Å². The number of para-hydroxylation sites is 1. The fourth-order valence-electron chi connectivity index (χ4n) is 4.92. The molecule has 2 bridgehead atoms. The second-order valence-corrected chi connectivity index (χ2v) is 6.18. The molecule has 0 heterocycles. The fraction of sp³-hybridized carbons (Fsp3) is 0.529. The van der Waals surface area contributed by atoms with E-state index in [1.165, 1.54) is 36.0 Å². The molecule has 2 saturated carbocycles. The van der Waals surface area contributed by atoms with Gasteiger partial charge in [0.15, 0.2) is 0 Å². The van der Waals surface area contributed by atoms with Crippen molar-refractivity contribution in [2.24, 2.45) is 23.7 Å². The van der Waals surface area contributed by atoms with Crippen LogP contribution < -0.4 is 4.74 Å². The van der Waals surface area contributed by atoms with Gasteiger partial charge in [0.1, 0.15) is 5.75 Å². The molecule has 3 aliphatic carbocycles. The number of fused-ring (bicyclic) bond motifs is 5. The Kier molecular flexibility index (Phi) is 2.49. The van der Waals surface area contributed by atoms with Crippen LogP contribution in [0, 0.1) is 23.7 Å². The molecule has 0 saturated heterocycles. The smallest absolute Gasteiger partial charge is 0.126 e. The van der Waals surface area contributed by atoms with Crippen LogP contribution in [0.1, 0.15) is 24.8 Å². The lowest BCUT2D eigenvalue weighted by Crippen LogP contribution is -2.36. The Hall–Kier alpha value is -1.28. The quantitative estimate of drug-likeness (QED) is 0.900. The molecule has 2 nitrogen and oxygen atoms in total. The molecular formula is C17H20O2. The average molecular weight is 256 g/mol. The molecule has 0 radical (unpaired) electrons. The molecule has 0 amide bonds. The van der Waals surface area contributed by atoms with E-state index in [1.807, 2.05) is 12.1 Å². The van der Waals surface area contributed by atoms with Crippen molar-refractivity contribution in [3.63, 3.8) is 0 Å². The van der Waals surface area contributed by atoms with E-state index in [0.717, 1.165) is 17.6 Å². The summed E-state index contributed by atoms with van der Waals surface area (Å²) in [5.74, 6) is 4.01. The molecule has 0 aromatic heterocycles. The summed E-state index contributed by atoms with van der Waals surface area (Å²) in [4.78, 5) is 0. The summed E-state index contributed by atoms with van der Waals surface area (Å²) in [5, 5.41) is 9.76. The molecule has 100 valence electrons. The first-order chi connectivity index (χ1) is 9.35. The normalized spacial score (nSPS) is 35.3. The molecule has 1 aromatic rings. The van der Waals surface area contributed by atoms with Crippen LogP contribution >= 0.6 is 0 Å².